The lowest BCUT2D eigenvalue weighted by atomic mass is 10.1. The minimum Gasteiger partial charge on any atom is -0.337 e. The van der Waals surface area contributed by atoms with Crippen LogP contribution in [0, 0.1) is 0 Å². The number of carbonyl (C=O) groups is 1. The van der Waals surface area contributed by atoms with Crippen molar-refractivity contribution in [3.63, 3.8) is 0 Å². The summed E-state index contributed by atoms with van der Waals surface area (Å²) in [5.41, 5.74) is 3.08. The van der Waals surface area contributed by atoms with Crippen LogP contribution in [0.3, 0.4) is 0 Å². The molecule has 5 heteroatoms. The number of benzene rings is 2. The first-order valence-electron chi connectivity index (χ1n) is 9.33. The first kappa shape index (κ1) is 18.1. The molecule has 0 saturated carbocycles. The zero-order valence-corrected chi connectivity index (χ0v) is 16.7. The average molecular weight is 382 g/mol. The monoisotopic (exact) mass is 381 g/mol. The molecule has 1 aliphatic heterocycles. The molecule has 27 heavy (non-hydrogen) atoms. The fourth-order valence-electron chi connectivity index (χ4n) is 3.87. The normalized spacial score (nSPS) is 17.9. The number of carbonyl (C=O) groups excluding carboxylic acids is 1. The van der Waals surface area contributed by atoms with Crippen LogP contribution in [-0.4, -0.2) is 32.4 Å². The van der Waals surface area contributed by atoms with E-state index < -0.39 is 0 Å². The van der Waals surface area contributed by atoms with E-state index in [9.17, 15) is 4.79 Å². The summed E-state index contributed by atoms with van der Waals surface area (Å²) in [5, 5.41) is 0.733. The van der Waals surface area contributed by atoms with Gasteiger partial charge in [-0.05, 0) is 50.6 Å². The Hall–Kier alpha value is -2.33. The van der Waals surface area contributed by atoms with Gasteiger partial charge in [-0.3, -0.25) is 4.79 Å². The SMILES string of the molecule is CC(C)(C)N1C[C@@H](c2nc3ccccc3n2Cc2ccc(Cl)cc2)CC1=O. The first-order chi connectivity index (χ1) is 12.8. The van der Waals surface area contributed by atoms with Crippen LogP contribution in [0.4, 0.5) is 0 Å². The topological polar surface area (TPSA) is 38.1 Å². The number of rotatable bonds is 3. The predicted octanol–water partition coefficient (Wildman–Crippen LogP) is 4.85. The van der Waals surface area contributed by atoms with E-state index in [1.807, 2.05) is 47.4 Å². The number of likely N-dealkylation sites (tertiary alicyclic amines) is 1. The first-order valence-corrected chi connectivity index (χ1v) is 9.71. The van der Waals surface area contributed by atoms with Crippen molar-refractivity contribution in [3.8, 4) is 0 Å². The van der Waals surface area contributed by atoms with Gasteiger partial charge in [0, 0.05) is 36.0 Å². The number of para-hydroxylation sites is 2. The molecule has 0 spiro atoms. The molecular weight excluding hydrogens is 358 g/mol. The molecular formula is C22H24ClN3O. The lowest BCUT2D eigenvalue weighted by Crippen LogP contribution is -2.42. The van der Waals surface area contributed by atoms with E-state index in [1.165, 1.54) is 5.56 Å². The maximum absolute atomic E-state index is 12.6. The van der Waals surface area contributed by atoms with Gasteiger partial charge in [-0.2, -0.15) is 0 Å². The van der Waals surface area contributed by atoms with Gasteiger partial charge in [0.2, 0.25) is 5.91 Å². The number of aromatic nitrogens is 2. The van der Waals surface area contributed by atoms with Crippen LogP contribution in [0.5, 0.6) is 0 Å². The van der Waals surface area contributed by atoms with E-state index >= 15 is 0 Å². The molecule has 0 unspecified atom stereocenters. The zero-order chi connectivity index (χ0) is 19.2. The Kier molecular flexibility index (Phi) is 4.47. The smallest absolute Gasteiger partial charge is 0.223 e. The van der Waals surface area contributed by atoms with Crippen LogP contribution in [0.2, 0.25) is 5.02 Å². The number of halogens is 1. The molecule has 0 bridgehead atoms. The van der Waals surface area contributed by atoms with Crippen LogP contribution in [-0.2, 0) is 11.3 Å². The van der Waals surface area contributed by atoms with Crippen LogP contribution in [0.1, 0.15) is 44.5 Å². The van der Waals surface area contributed by atoms with E-state index in [0.717, 1.165) is 21.9 Å². The number of hydrogen-bond donors (Lipinski definition) is 0. The molecule has 140 valence electrons. The third-order valence-corrected chi connectivity index (χ3v) is 5.49. The van der Waals surface area contributed by atoms with Gasteiger partial charge in [-0.1, -0.05) is 35.9 Å². The van der Waals surface area contributed by atoms with Crippen LogP contribution >= 0.6 is 11.6 Å². The van der Waals surface area contributed by atoms with E-state index in [0.29, 0.717) is 19.5 Å². The highest BCUT2D eigenvalue weighted by Crippen LogP contribution is 2.34. The summed E-state index contributed by atoms with van der Waals surface area (Å²) >= 11 is 6.04. The summed E-state index contributed by atoms with van der Waals surface area (Å²) in [6.45, 7) is 7.69. The summed E-state index contributed by atoms with van der Waals surface area (Å²) in [5.74, 6) is 1.31. The molecule has 0 aliphatic carbocycles. The summed E-state index contributed by atoms with van der Waals surface area (Å²) < 4.78 is 2.25. The second kappa shape index (κ2) is 6.68. The summed E-state index contributed by atoms with van der Waals surface area (Å²) in [6.07, 6.45) is 0.515. The van der Waals surface area contributed by atoms with Crippen molar-refractivity contribution >= 4 is 28.5 Å². The molecule has 3 aromatic rings. The molecule has 1 aliphatic rings. The van der Waals surface area contributed by atoms with Gasteiger partial charge in [0.25, 0.3) is 0 Å². The molecule has 1 atom stereocenters. The van der Waals surface area contributed by atoms with Crippen molar-refractivity contribution in [3.05, 3.63) is 64.9 Å². The Morgan fingerprint density at radius 2 is 1.81 bits per heavy atom. The lowest BCUT2D eigenvalue weighted by Gasteiger charge is -2.32. The molecule has 0 N–H and O–H groups in total. The maximum Gasteiger partial charge on any atom is 0.223 e. The second-order valence-electron chi connectivity index (χ2n) is 8.25. The van der Waals surface area contributed by atoms with Crippen LogP contribution in [0.15, 0.2) is 48.5 Å². The molecule has 1 amide bonds. The fraction of sp³-hybridized carbons (Fsp3) is 0.364. The van der Waals surface area contributed by atoms with Gasteiger partial charge in [-0.15, -0.1) is 0 Å². The average Bonchev–Trinajstić information content (AvgIpc) is 3.18. The van der Waals surface area contributed by atoms with E-state index in [2.05, 4.69) is 31.4 Å². The lowest BCUT2D eigenvalue weighted by molar-refractivity contribution is -0.131. The third-order valence-electron chi connectivity index (χ3n) is 5.24. The third kappa shape index (κ3) is 3.46. The van der Waals surface area contributed by atoms with Crippen molar-refractivity contribution in [1.29, 1.82) is 0 Å². The Bertz CT molecular complexity index is 985. The van der Waals surface area contributed by atoms with E-state index in [4.69, 9.17) is 16.6 Å². The van der Waals surface area contributed by atoms with Gasteiger partial charge in [0.15, 0.2) is 0 Å². The number of imidazole rings is 1. The number of fused-ring (bicyclic) bond motifs is 1. The minimum absolute atomic E-state index is 0.108. The zero-order valence-electron chi connectivity index (χ0n) is 15.9. The number of hydrogen-bond acceptors (Lipinski definition) is 2. The minimum atomic E-state index is -0.168. The number of amides is 1. The quantitative estimate of drug-likeness (QED) is 0.650. The van der Waals surface area contributed by atoms with Gasteiger partial charge < -0.3 is 9.47 Å². The molecule has 2 heterocycles. The highest BCUT2D eigenvalue weighted by molar-refractivity contribution is 6.30. The highest BCUT2D eigenvalue weighted by Gasteiger charge is 2.38. The Morgan fingerprint density at radius 1 is 1.11 bits per heavy atom. The second-order valence-corrected chi connectivity index (χ2v) is 8.68. The predicted molar refractivity (Wildman–Crippen MR) is 109 cm³/mol. The Labute approximate surface area is 164 Å². The molecule has 1 saturated heterocycles. The molecule has 0 radical (unpaired) electrons. The Morgan fingerprint density at radius 3 is 2.48 bits per heavy atom. The van der Waals surface area contributed by atoms with Crippen molar-refractivity contribution in [1.82, 2.24) is 14.5 Å². The maximum atomic E-state index is 12.6. The summed E-state index contributed by atoms with van der Waals surface area (Å²) in [6, 6.07) is 16.1. The van der Waals surface area contributed by atoms with Gasteiger partial charge in [-0.25, -0.2) is 4.98 Å². The molecule has 2 aromatic carbocycles. The molecule has 4 rings (SSSR count). The Balaban J connectivity index is 1.74. The highest BCUT2D eigenvalue weighted by atomic mass is 35.5. The fourth-order valence-corrected chi connectivity index (χ4v) is 4.00. The molecule has 4 nitrogen and oxygen atoms in total. The van der Waals surface area contributed by atoms with Gasteiger partial charge in [0.05, 0.1) is 11.0 Å². The number of nitrogens with zero attached hydrogens (tertiary/aromatic N) is 3. The van der Waals surface area contributed by atoms with Crippen molar-refractivity contribution in [2.24, 2.45) is 0 Å². The van der Waals surface area contributed by atoms with Crippen molar-refractivity contribution < 1.29 is 4.79 Å². The van der Waals surface area contributed by atoms with Crippen LogP contribution in [0.25, 0.3) is 11.0 Å². The van der Waals surface area contributed by atoms with E-state index in [-0.39, 0.29) is 17.4 Å². The standard InChI is InChI=1S/C22H24ClN3O/c1-22(2,3)26-14-16(12-20(26)27)21-24-18-6-4-5-7-19(18)25(21)13-15-8-10-17(23)11-9-15/h4-11,16H,12-14H2,1-3H3/t16-/m0/s1. The summed E-state index contributed by atoms with van der Waals surface area (Å²) in [4.78, 5) is 19.5. The molecule has 1 aromatic heterocycles. The summed E-state index contributed by atoms with van der Waals surface area (Å²) in [7, 11) is 0. The van der Waals surface area contributed by atoms with Crippen LogP contribution < -0.4 is 0 Å². The largest absolute Gasteiger partial charge is 0.337 e. The van der Waals surface area contributed by atoms with Gasteiger partial charge in [0.1, 0.15) is 5.82 Å². The van der Waals surface area contributed by atoms with Crippen molar-refractivity contribution in [2.75, 3.05) is 6.54 Å². The van der Waals surface area contributed by atoms with E-state index in [1.54, 1.807) is 0 Å². The van der Waals surface area contributed by atoms with Gasteiger partial charge >= 0.3 is 0 Å². The molecule has 1 fully saturated rings. The van der Waals surface area contributed by atoms with Crippen molar-refractivity contribution in [2.45, 2.75) is 45.2 Å².